The molecule has 2 aliphatic heterocycles. The molecule has 2 aliphatic rings. The van der Waals surface area contributed by atoms with Crippen molar-refractivity contribution in [2.75, 3.05) is 46.4 Å². The first kappa shape index (κ1) is 15.2. The SMILES string of the molecule is CCC(CO)(CCCN1CCN2CCCC2C1)NC. The first-order chi connectivity index (χ1) is 9.23. The van der Waals surface area contributed by atoms with Crippen LogP contribution in [-0.2, 0) is 0 Å². The molecule has 2 N–H and O–H groups in total. The number of likely N-dealkylation sites (N-methyl/N-ethyl adjacent to an activating group) is 1. The third-order valence-electron chi connectivity index (χ3n) is 5.31. The van der Waals surface area contributed by atoms with Crippen LogP contribution in [-0.4, -0.2) is 72.9 Å². The van der Waals surface area contributed by atoms with Crippen LogP contribution in [0.25, 0.3) is 0 Å². The summed E-state index contributed by atoms with van der Waals surface area (Å²) in [5, 5.41) is 12.9. The monoisotopic (exact) mass is 269 g/mol. The van der Waals surface area contributed by atoms with Gasteiger partial charge in [-0.2, -0.15) is 0 Å². The first-order valence-electron chi connectivity index (χ1n) is 7.99. The molecule has 0 radical (unpaired) electrons. The van der Waals surface area contributed by atoms with Gasteiger partial charge in [-0.25, -0.2) is 0 Å². The molecule has 0 saturated carbocycles. The fourth-order valence-electron chi connectivity index (χ4n) is 3.65. The number of fused-ring (bicyclic) bond motifs is 1. The molecule has 0 aromatic rings. The second-order valence-electron chi connectivity index (χ2n) is 6.28. The molecular weight excluding hydrogens is 238 g/mol. The summed E-state index contributed by atoms with van der Waals surface area (Å²) >= 11 is 0. The molecule has 4 nitrogen and oxygen atoms in total. The van der Waals surface area contributed by atoms with Gasteiger partial charge in [-0.05, 0) is 52.2 Å². The van der Waals surface area contributed by atoms with E-state index in [4.69, 9.17) is 0 Å². The third kappa shape index (κ3) is 3.69. The van der Waals surface area contributed by atoms with Crippen molar-refractivity contribution in [3.05, 3.63) is 0 Å². The van der Waals surface area contributed by atoms with Crippen LogP contribution in [0.5, 0.6) is 0 Å². The molecular formula is C15H31N3O. The van der Waals surface area contributed by atoms with E-state index in [0.717, 1.165) is 18.9 Å². The summed E-state index contributed by atoms with van der Waals surface area (Å²) in [6.07, 6.45) is 6.03. The first-order valence-corrected chi connectivity index (χ1v) is 7.99. The Morgan fingerprint density at radius 1 is 1.32 bits per heavy atom. The fourth-order valence-corrected chi connectivity index (χ4v) is 3.65. The van der Waals surface area contributed by atoms with Crippen LogP contribution in [0.15, 0.2) is 0 Å². The van der Waals surface area contributed by atoms with Crippen LogP contribution >= 0.6 is 0 Å². The Balaban J connectivity index is 1.71. The van der Waals surface area contributed by atoms with E-state index < -0.39 is 0 Å². The molecule has 19 heavy (non-hydrogen) atoms. The number of aliphatic hydroxyl groups is 1. The van der Waals surface area contributed by atoms with Crippen LogP contribution in [0.2, 0.25) is 0 Å². The topological polar surface area (TPSA) is 38.7 Å². The smallest absolute Gasteiger partial charge is 0.0613 e. The zero-order valence-electron chi connectivity index (χ0n) is 12.7. The predicted molar refractivity (Wildman–Crippen MR) is 79.4 cm³/mol. The lowest BCUT2D eigenvalue weighted by atomic mass is 9.91. The minimum absolute atomic E-state index is 0.0603. The highest BCUT2D eigenvalue weighted by atomic mass is 16.3. The Kier molecular flexibility index (Phi) is 5.63. The normalized spacial score (nSPS) is 28.3. The van der Waals surface area contributed by atoms with Gasteiger partial charge in [-0.15, -0.1) is 0 Å². The Morgan fingerprint density at radius 3 is 2.84 bits per heavy atom. The highest BCUT2D eigenvalue weighted by Gasteiger charge is 2.30. The van der Waals surface area contributed by atoms with Crippen molar-refractivity contribution >= 4 is 0 Å². The number of rotatable bonds is 7. The van der Waals surface area contributed by atoms with Crippen LogP contribution in [0.3, 0.4) is 0 Å². The number of aliphatic hydroxyl groups excluding tert-OH is 1. The molecule has 2 heterocycles. The van der Waals surface area contributed by atoms with Gasteiger partial charge in [0.05, 0.1) is 6.61 Å². The van der Waals surface area contributed by atoms with Crippen LogP contribution in [0.1, 0.15) is 39.0 Å². The lowest BCUT2D eigenvalue weighted by molar-refractivity contribution is 0.0957. The second kappa shape index (κ2) is 7.02. The van der Waals surface area contributed by atoms with Crippen molar-refractivity contribution in [2.24, 2.45) is 0 Å². The number of nitrogens with one attached hydrogen (secondary N) is 1. The van der Waals surface area contributed by atoms with Crippen molar-refractivity contribution in [1.29, 1.82) is 0 Å². The van der Waals surface area contributed by atoms with Crippen LogP contribution in [0, 0.1) is 0 Å². The zero-order valence-corrected chi connectivity index (χ0v) is 12.7. The van der Waals surface area contributed by atoms with Crippen molar-refractivity contribution in [3.63, 3.8) is 0 Å². The van der Waals surface area contributed by atoms with Crippen molar-refractivity contribution in [3.8, 4) is 0 Å². The Labute approximate surface area is 118 Å². The minimum atomic E-state index is -0.0603. The number of hydrogen-bond donors (Lipinski definition) is 2. The second-order valence-corrected chi connectivity index (χ2v) is 6.28. The molecule has 2 saturated heterocycles. The van der Waals surface area contributed by atoms with Gasteiger partial charge in [0, 0.05) is 31.2 Å². The maximum absolute atomic E-state index is 9.55. The molecule has 0 bridgehead atoms. The Bertz CT molecular complexity index is 260. The standard InChI is InChI=1S/C15H31N3O/c1-3-15(13-19,16-2)7-5-8-17-10-11-18-9-4-6-14(18)12-17/h14,16,19H,3-13H2,1-2H3. The maximum atomic E-state index is 9.55. The lowest BCUT2D eigenvalue weighted by Crippen LogP contribution is -2.51. The van der Waals surface area contributed by atoms with Crippen LogP contribution < -0.4 is 5.32 Å². The molecule has 0 aliphatic carbocycles. The molecule has 0 aromatic carbocycles. The van der Waals surface area contributed by atoms with E-state index in [9.17, 15) is 5.11 Å². The van der Waals surface area contributed by atoms with E-state index in [1.807, 2.05) is 7.05 Å². The molecule has 0 amide bonds. The molecule has 2 fully saturated rings. The highest BCUT2D eigenvalue weighted by Crippen LogP contribution is 2.22. The summed E-state index contributed by atoms with van der Waals surface area (Å²) in [6.45, 7) is 8.66. The average Bonchev–Trinajstić information content (AvgIpc) is 2.92. The Morgan fingerprint density at radius 2 is 2.16 bits per heavy atom. The number of nitrogens with zero attached hydrogens (tertiary/aromatic N) is 2. The van der Waals surface area contributed by atoms with E-state index in [1.165, 1.54) is 52.0 Å². The maximum Gasteiger partial charge on any atom is 0.0613 e. The summed E-state index contributed by atoms with van der Waals surface area (Å²) in [5.41, 5.74) is -0.0603. The molecule has 2 rings (SSSR count). The summed E-state index contributed by atoms with van der Waals surface area (Å²) in [7, 11) is 1.97. The predicted octanol–water partition coefficient (Wildman–Crippen LogP) is 0.907. The van der Waals surface area contributed by atoms with Gasteiger partial charge in [-0.1, -0.05) is 6.92 Å². The Hall–Kier alpha value is -0.160. The number of piperazine rings is 1. The quantitative estimate of drug-likeness (QED) is 0.720. The third-order valence-corrected chi connectivity index (χ3v) is 5.31. The minimum Gasteiger partial charge on any atom is -0.394 e. The molecule has 4 heteroatoms. The van der Waals surface area contributed by atoms with E-state index in [0.29, 0.717) is 0 Å². The molecule has 0 aromatic heterocycles. The van der Waals surface area contributed by atoms with Gasteiger partial charge in [0.2, 0.25) is 0 Å². The average molecular weight is 269 g/mol. The van der Waals surface area contributed by atoms with Crippen LogP contribution in [0.4, 0.5) is 0 Å². The summed E-state index contributed by atoms with van der Waals surface area (Å²) in [4.78, 5) is 5.29. The van der Waals surface area contributed by atoms with Gasteiger partial charge < -0.3 is 15.3 Å². The summed E-state index contributed by atoms with van der Waals surface area (Å²) in [6, 6.07) is 0.826. The van der Waals surface area contributed by atoms with Gasteiger partial charge in [-0.3, -0.25) is 4.90 Å². The molecule has 112 valence electrons. The van der Waals surface area contributed by atoms with Gasteiger partial charge in [0.15, 0.2) is 0 Å². The summed E-state index contributed by atoms with van der Waals surface area (Å²) in [5.74, 6) is 0. The highest BCUT2D eigenvalue weighted by molar-refractivity contribution is 4.88. The fraction of sp³-hybridized carbons (Fsp3) is 1.00. The molecule has 0 spiro atoms. The van der Waals surface area contributed by atoms with E-state index in [-0.39, 0.29) is 12.1 Å². The summed E-state index contributed by atoms with van der Waals surface area (Å²) < 4.78 is 0. The van der Waals surface area contributed by atoms with E-state index in [1.54, 1.807) is 0 Å². The molecule has 2 unspecified atom stereocenters. The van der Waals surface area contributed by atoms with Gasteiger partial charge in [0.1, 0.15) is 0 Å². The molecule has 2 atom stereocenters. The van der Waals surface area contributed by atoms with Gasteiger partial charge in [0.25, 0.3) is 0 Å². The van der Waals surface area contributed by atoms with Crippen molar-refractivity contribution < 1.29 is 5.11 Å². The number of hydrogen-bond acceptors (Lipinski definition) is 4. The van der Waals surface area contributed by atoms with Crippen molar-refractivity contribution in [2.45, 2.75) is 50.6 Å². The van der Waals surface area contributed by atoms with E-state index >= 15 is 0 Å². The van der Waals surface area contributed by atoms with E-state index in [2.05, 4.69) is 22.0 Å². The zero-order chi connectivity index (χ0) is 13.7. The lowest BCUT2D eigenvalue weighted by Gasteiger charge is -2.38. The van der Waals surface area contributed by atoms with Crippen molar-refractivity contribution in [1.82, 2.24) is 15.1 Å². The largest absolute Gasteiger partial charge is 0.394 e. The van der Waals surface area contributed by atoms with Gasteiger partial charge >= 0.3 is 0 Å².